The van der Waals surface area contributed by atoms with E-state index in [9.17, 15) is 37.5 Å². The van der Waals surface area contributed by atoms with Crippen LogP contribution in [0.15, 0.2) is 52.2 Å². The van der Waals surface area contributed by atoms with E-state index in [1.54, 1.807) is 0 Å². The molecule has 0 saturated carbocycles. The second kappa shape index (κ2) is 8.80. The number of alkyl halides is 3. The lowest BCUT2D eigenvalue weighted by molar-refractivity contribution is -0.138. The number of aromatic carboxylic acids is 1. The van der Waals surface area contributed by atoms with Gasteiger partial charge in [-0.2, -0.15) is 13.2 Å². The van der Waals surface area contributed by atoms with E-state index in [1.165, 1.54) is 35.2 Å². The molecule has 1 atom stereocenters. The van der Waals surface area contributed by atoms with Crippen molar-refractivity contribution in [2.45, 2.75) is 25.1 Å². The minimum Gasteiger partial charge on any atom is -0.477 e. The molecule has 3 aromatic rings. The highest BCUT2D eigenvalue weighted by molar-refractivity contribution is 6.34. The summed E-state index contributed by atoms with van der Waals surface area (Å²) in [6.07, 6.45) is -4.44. The van der Waals surface area contributed by atoms with Crippen LogP contribution in [0.1, 0.15) is 39.5 Å². The Morgan fingerprint density at radius 1 is 1.14 bits per heavy atom. The number of carbonyl (C=O) groups excluding carboxylic acids is 1. The van der Waals surface area contributed by atoms with E-state index >= 15 is 0 Å². The second-order valence-electron chi connectivity index (χ2n) is 8.50. The maximum atomic E-state index is 13.5. The van der Waals surface area contributed by atoms with Crippen molar-refractivity contribution < 1.29 is 32.6 Å². The fourth-order valence-electron chi connectivity index (χ4n) is 4.82. The summed E-state index contributed by atoms with van der Waals surface area (Å²) in [5, 5.41) is 9.71. The van der Waals surface area contributed by atoms with Crippen molar-refractivity contribution in [3.63, 3.8) is 0 Å². The van der Waals surface area contributed by atoms with Gasteiger partial charge in [0.25, 0.3) is 5.56 Å². The molecule has 5 rings (SSSR count). The number of carboxylic acids is 1. The lowest BCUT2D eigenvalue weighted by Gasteiger charge is -2.19. The van der Waals surface area contributed by atoms with E-state index in [1.807, 2.05) is 0 Å². The van der Waals surface area contributed by atoms with Gasteiger partial charge in [0, 0.05) is 6.20 Å². The van der Waals surface area contributed by atoms with Crippen LogP contribution in [0.5, 0.6) is 0 Å². The monoisotopic (exact) mass is 535 g/mol. The van der Waals surface area contributed by atoms with Crippen molar-refractivity contribution in [3.8, 4) is 5.69 Å². The maximum absolute atomic E-state index is 13.5. The van der Waals surface area contributed by atoms with Gasteiger partial charge in [0.05, 0.1) is 34.5 Å². The molecule has 1 saturated heterocycles. The number of rotatable bonds is 4. The molecule has 2 heterocycles. The highest BCUT2D eigenvalue weighted by Crippen LogP contribution is 2.41. The average molecular weight is 536 g/mol. The van der Waals surface area contributed by atoms with Gasteiger partial charge in [-0.3, -0.25) is 18.8 Å². The van der Waals surface area contributed by atoms with Crippen molar-refractivity contribution in [3.05, 3.63) is 90.7 Å². The lowest BCUT2D eigenvalue weighted by atomic mass is 10.0. The van der Waals surface area contributed by atoms with Crippen molar-refractivity contribution >= 4 is 29.4 Å². The predicted molar refractivity (Wildman–Crippen MR) is 125 cm³/mol. The first-order chi connectivity index (χ1) is 17.5. The Labute approximate surface area is 210 Å². The zero-order valence-electron chi connectivity index (χ0n) is 18.8. The largest absolute Gasteiger partial charge is 0.477 e. The molecule has 1 amide bonds. The number of hydrogen-bond acceptors (Lipinski definition) is 5. The summed E-state index contributed by atoms with van der Waals surface area (Å²) in [5.41, 5.74) is -3.21. The number of fused-ring (bicyclic) bond motifs is 1. The van der Waals surface area contributed by atoms with Crippen LogP contribution >= 0.6 is 11.6 Å². The van der Waals surface area contributed by atoms with Crippen molar-refractivity contribution in [1.29, 1.82) is 0 Å². The van der Waals surface area contributed by atoms with Crippen molar-refractivity contribution in [2.75, 3.05) is 18.1 Å². The molecule has 1 fully saturated rings. The van der Waals surface area contributed by atoms with Crippen LogP contribution in [0, 0.1) is 0 Å². The molecule has 1 aliphatic carbocycles. The number of cyclic esters (lactones) is 1. The zero-order chi connectivity index (χ0) is 26.6. The molecular formula is C24H17ClF3N3O6. The Balaban J connectivity index is 1.67. The third kappa shape index (κ3) is 4.06. The highest BCUT2D eigenvalue weighted by atomic mass is 35.5. The summed E-state index contributed by atoms with van der Waals surface area (Å²) < 4.78 is 47.1. The average Bonchev–Trinajstić information content (AvgIpc) is 3.44. The van der Waals surface area contributed by atoms with E-state index in [0.717, 1.165) is 16.8 Å². The normalized spacial score (nSPS) is 17.1. The van der Waals surface area contributed by atoms with E-state index < -0.39 is 46.7 Å². The fraction of sp³-hybridized carbons (Fsp3) is 0.250. The van der Waals surface area contributed by atoms with Crippen LogP contribution in [0.2, 0.25) is 5.02 Å². The van der Waals surface area contributed by atoms with Gasteiger partial charge in [-0.15, -0.1) is 0 Å². The standard InChI is InChI=1S/C24H17ClF3N3O6/c25-17-10-12(4-6-19(17)29-8-9-37-23(29)36)30-11-15(21(33)34)20(32)31(22(30)35)18-7-5-13-14(18)2-1-3-16(13)24(26,27)28/h1-4,6,10-11,18H,5,7-9H2,(H,33,34). The van der Waals surface area contributed by atoms with Crippen LogP contribution < -0.4 is 16.1 Å². The first-order valence-electron chi connectivity index (χ1n) is 11.0. The molecule has 13 heteroatoms. The summed E-state index contributed by atoms with van der Waals surface area (Å²) in [6.45, 7) is 0.426. The third-order valence-electron chi connectivity index (χ3n) is 6.47. The number of aromatic nitrogens is 2. The number of benzene rings is 2. The molecule has 0 bridgehead atoms. The molecule has 2 aromatic carbocycles. The number of anilines is 1. The van der Waals surface area contributed by atoms with E-state index in [2.05, 4.69) is 0 Å². The molecular weight excluding hydrogens is 519 g/mol. The molecule has 2 aliphatic rings. The van der Waals surface area contributed by atoms with Gasteiger partial charge in [-0.1, -0.05) is 23.7 Å². The summed E-state index contributed by atoms with van der Waals surface area (Å²) in [4.78, 5) is 51.7. The Kier molecular flexibility index (Phi) is 5.86. The molecule has 1 aromatic heterocycles. The highest BCUT2D eigenvalue weighted by Gasteiger charge is 2.38. The Morgan fingerprint density at radius 2 is 1.89 bits per heavy atom. The van der Waals surface area contributed by atoms with Crippen LogP contribution in [-0.2, 0) is 17.3 Å². The smallest absolute Gasteiger partial charge is 0.416 e. The van der Waals surface area contributed by atoms with Gasteiger partial charge in [-0.05, 0) is 48.2 Å². The lowest BCUT2D eigenvalue weighted by Crippen LogP contribution is -2.43. The van der Waals surface area contributed by atoms with Crippen LogP contribution in [-0.4, -0.2) is 39.5 Å². The summed E-state index contributed by atoms with van der Waals surface area (Å²) in [5.74, 6) is -1.61. The molecule has 1 aliphatic heterocycles. The molecule has 37 heavy (non-hydrogen) atoms. The van der Waals surface area contributed by atoms with E-state index in [0.29, 0.717) is 10.3 Å². The van der Waals surface area contributed by atoms with Crippen LogP contribution in [0.4, 0.5) is 23.7 Å². The van der Waals surface area contributed by atoms with Gasteiger partial charge in [0.15, 0.2) is 0 Å². The number of carbonyl (C=O) groups is 2. The summed E-state index contributed by atoms with van der Waals surface area (Å²) in [7, 11) is 0. The molecule has 192 valence electrons. The van der Waals surface area contributed by atoms with Crippen molar-refractivity contribution in [1.82, 2.24) is 9.13 Å². The minimum atomic E-state index is -4.63. The quantitative estimate of drug-likeness (QED) is 0.543. The Hall–Kier alpha value is -4.06. The molecule has 0 spiro atoms. The number of amides is 1. The number of nitrogens with zero attached hydrogens (tertiary/aromatic N) is 3. The van der Waals surface area contributed by atoms with Crippen molar-refractivity contribution in [2.24, 2.45) is 0 Å². The third-order valence-corrected chi connectivity index (χ3v) is 6.77. The first-order valence-corrected chi connectivity index (χ1v) is 11.4. The Bertz CT molecular complexity index is 1580. The minimum absolute atomic E-state index is 0.00257. The number of carboxylic acid groups (broad SMARTS) is 1. The topological polar surface area (TPSA) is 111 Å². The molecule has 1 N–H and O–H groups in total. The predicted octanol–water partition coefficient (Wildman–Crippen LogP) is 3.86. The fourth-order valence-corrected chi connectivity index (χ4v) is 5.10. The number of ether oxygens (including phenoxy) is 1. The second-order valence-corrected chi connectivity index (χ2v) is 8.91. The Morgan fingerprint density at radius 3 is 2.51 bits per heavy atom. The molecule has 1 unspecified atom stereocenters. The van der Waals surface area contributed by atoms with Gasteiger partial charge in [-0.25, -0.2) is 14.4 Å². The summed E-state index contributed by atoms with van der Waals surface area (Å²) in [6, 6.07) is 6.56. The number of hydrogen-bond donors (Lipinski definition) is 1. The zero-order valence-corrected chi connectivity index (χ0v) is 19.5. The van der Waals surface area contributed by atoms with Gasteiger partial charge in [0.2, 0.25) is 0 Å². The van der Waals surface area contributed by atoms with Crippen LogP contribution in [0.3, 0.4) is 0 Å². The van der Waals surface area contributed by atoms with Gasteiger partial charge in [0.1, 0.15) is 12.2 Å². The van der Waals surface area contributed by atoms with Gasteiger partial charge < -0.3 is 9.84 Å². The van der Waals surface area contributed by atoms with E-state index in [4.69, 9.17) is 16.3 Å². The van der Waals surface area contributed by atoms with Gasteiger partial charge >= 0.3 is 23.9 Å². The molecule has 0 radical (unpaired) electrons. The SMILES string of the molecule is O=C(O)c1cn(-c2ccc(N3CCOC3=O)c(Cl)c2)c(=O)n(C2CCc3c2cccc3C(F)(F)F)c1=O. The molecule has 9 nitrogen and oxygen atoms in total. The first kappa shape index (κ1) is 24.6. The maximum Gasteiger partial charge on any atom is 0.416 e. The number of halogens is 4. The van der Waals surface area contributed by atoms with E-state index in [-0.39, 0.29) is 47.8 Å². The van der Waals surface area contributed by atoms with Crippen LogP contribution in [0.25, 0.3) is 5.69 Å². The summed E-state index contributed by atoms with van der Waals surface area (Å²) >= 11 is 6.35.